The van der Waals surface area contributed by atoms with Crippen molar-refractivity contribution >= 4 is 21.8 Å². The standard InChI is InChI=1S/C27H19N3O2/c31-26-10-9-16(13-27(26)32)17-11-24(20-14-28-22-7-3-1-5-18(20)22)30-25(12-17)21-15-29-23-8-4-2-6-19(21)23/h1-15,28-29,31-32H. The number of aromatic nitrogens is 3. The molecule has 0 bridgehead atoms. The molecule has 5 nitrogen and oxygen atoms in total. The molecular formula is C27H19N3O2. The normalized spacial score (nSPS) is 11.4. The third-order valence-electron chi connectivity index (χ3n) is 5.86. The average Bonchev–Trinajstić information content (AvgIpc) is 3.45. The molecule has 0 amide bonds. The fourth-order valence-electron chi connectivity index (χ4n) is 4.24. The van der Waals surface area contributed by atoms with E-state index < -0.39 is 0 Å². The van der Waals surface area contributed by atoms with E-state index in [0.717, 1.165) is 55.4 Å². The van der Waals surface area contributed by atoms with E-state index in [4.69, 9.17) is 4.98 Å². The molecule has 3 heterocycles. The Labute approximate surface area is 183 Å². The van der Waals surface area contributed by atoms with Crippen molar-refractivity contribution in [2.75, 3.05) is 0 Å². The van der Waals surface area contributed by atoms with Gasteiger partial charge in [0.05, 0.1) is 11.4 Å². The van der Waals surface area contributed by atoms with Gasteiger partial charge in [0.15, 0.2) is 11.5 Å². The van der Waals surface area contributed by atoms with Gasteiger partial charge in [-0.2, -0.15) is 0 Å². The van der Waals surface area contributed by atoms with Crippen molar-refractivity contribution in [3.63, 3.8) is 0 Å². The quantitative estimate of drug-likeness (QED) is 0.249. The Morgan fingerprint density at radius 3 is 1.69 bits per heavy atom. The molecule has 0 saturated heterocycles. The summed E-state index contributed by atoms with van der Waals surface area (Å²) in [7, 11) is 0. The predicted octanol–water partition coefficient (Wildman–Crippen LogP) is 6.46. The molecule has 32 heavy (non-hydrogen) atoms. The lowest BCUT2D eigenvalue weighted by molar-refractivity contribution is 0.404. The molecule has 3 aromatic heterocycles. The Morgan fingerprint density at radius 2 is 1.12 bits per heavy atom. The van der Waals surface area contributed by atoms with Gasteiger partial charge >= 0.3 is 0 Å². The highest BCUT2D eigenvalue weighted by Crippen LogP contribution is 2.37. The van der Waals surface area contributed by atoms with Crippen molar-refractivity contribution in [2.45, 2.75) is 0 Å². The van der Waals surface area contributed by atoms with Crippen LogP contribution in [0.5, 0.6) is 11.5 Å². The summed E-state index contributed by atoms with van der Waals surface area (Å²) in [4.78, 5) is 11.7. The van der Waals surface area contributed by atoms with E-state index in [0.29, 0.717) is 0 Å². The molecule has 0 aliphatic heterocycles. The van der Waals surface area contributed by atoms with Gasteiger partial charge in [0, 0.05) is 45.3 Å². The Kier molecular flexibility index (Phi) is 4.01. The number of rotatable bonds is 3. The Balaban J connectivity index is 1.62. The van der Waals surface area contributed by atoms with Crippen LogP contribution in [0, 0.1) is 0 Å². The maximum Gasteiger partial charge on any atom is 0.158 e. The number of H-pyrrole nitrogens is 2. The zero-order valence-electron chi connectivity index (χ0n) is 17.0. The number of aromatic amines is 2. The highest BCUT2D eigenvalue weighted by Gasteiger charge is 2.15. The molecule has 0 unspecified atom stereocenters. The molecule has 4 N–H and O–H groups in total. The van der Waals surface area contributed by atoms with Gasteiger partial charge in [-0.3, -0.25) is 0 Å². The fraction of sp³-hybridized carbons (Fsp3) is 0. The summed E-state index contributed by atoms with van der Waals surface area (Å²) in [5.41, 5.74) is 7.45. The third-order valence-corrected chi connectivity index (χ3v) is 5.86. The molecule has 154 valence electrons. The van der Waals surface area contributed by atoms with E-state index in [2.05, 4.69) is 22.1 Å². The van der Waals surface area contributed by atoms with Gasteiger partial charge in [0.2, 0.25) is 0 Å². The lowest BCUT2D eigenvalue weighted by Crippen LogP contribution is -1.90. The van der Waals surface area contributed by atoms with Crippen LogP contribution < -0.4 is 0 Å². The average molecular weight is 417 g/mol. The van der Waals surface area contributed by atoms with Crippen molar-refractivity contribution in [1.82, 2.24) is 15.0 Å². The second-order valence-corrected chi connectivity index (χ2v) is 7.83. The second kappa shape index (κ2) is 7.03. The first-order valence-electron chi connectivity index (χ1n) is 10.3. The molecule has 5 heteroatoms. The number of phenols is 2. The highest BCUT2D eigenvalue weighted by molar-refractivity contribution is 5.98. The van der Waals surface area contributed by atoms with Crippen LogP contribution in [-0.4, -0.2) is 25.2 Å². The highest BCUT2D eigenvalue weighted by atomic mass is 16.3. The van der Waals surface area contributed by atoms with Crippen LogP contribution in [-0.2, 0) is 0 Å². The van der Waals surface area contributed by atoms with Crippen LogP contribution in [0.4, 0.5) is 0 Å². The summed E-state index contributed by atoms with van der Waals surface area (Å²) in [6.45, 7) is 0. The molecule has 0 radical (unpaired) electrons. The number of aromatic hydroxyl groups is 2. The first-order chi connectivity index (χ1) is 15.7. The van der Waals surface area contributed by atoms with Crippen LogP contribution in [0.2, 0.25) is 0 Å². The molecule has 3 aromatic carbocycles. The molecule has 6 aromatic rings. The molecule has 0 saturated carbocycles. The lowest BCUT2D eigenvalue weighted by atomic mass is 9.99. The van der Waals surface area contributed by atoms with Crippen molar-refractivity contribution < 1.29 is 10.2 Å². The molecule has 6 rings (SSSR count). The monoisotopic (exact) mass is 417 g/mol. The molecule has 0 atom stereocenters. The second-order valence-electron chi connectivity index (χ2n) is 7.83. The number of hydrogen-bond donors (Lipinski definition) is 4. The largest absolute Gasteiger partial charge is 0.504 e. The summed E-state index contributed by atoms with van der Waals surface area (Å²) in [6.07, 6.45) is 3.95. The molecule has 0 fully saturated rings. The number of fused-ring (bicyclic) bond motifs is 2. The van der Waals surface area contributed by atoms with Gasteiger partial charge in [0.1, 0.15) is 0 Å². The van der Waals surface area contributed by atoms with Gasteiger partial charge in [-0.25, -0.2) is 4.98 Å². The van der Waals surface area contributed by atoms with Crippen molar-refractivity contribution in [3.8, 4) is 45.1 Å². The molecule has 0 aliphatic rings. The minimum Gasteiger partial charge on any atom is -0.504 e. The number of para-hydroxylation sites is 2. The summed E-state index contributed by atoms with van der Waals surface area (Å²) < 4.78 is 0. The summed E-state index contributed by atoms with van der Waals surface area (Å²) in [6, 6.07) is 25.2. The van der Waals surface area contributed by atoms with Crippen LogP contribution in [0.25, 0.3) is 55.4 Å². The third kappa shape index (κ3) is 2.91. The minimum atomic E-state index is -0.151. The van der Waals surface area contributed by atoms with Gasteiger partial charge in [-0.1, -0.05) is 42.5 Å². The van der Waals surface area contributed by atoms with Gasteiger partial charge in [0.25, 0.3) is 0 Å². The fourth-order valence-corrected chi connectivity index (χ4v) is 4.24. The topological polar surface area (TPSA) is 84.9 Å². The maximum absolute atomic E-state index is 10.1. The number of benzene rings is 3. The van der Waals surface area contributed by atoms with Gasteiger partial charge in [-0.05, 0) is 47.5 Å². The Hall–Kier alpha value is -4.51. The summed E-state index contributed by atoms with van der Waals surface area (Å²) in [5, 5.41) is 22.0. The Bertz CT molecular complexity index is 1520. The van der Waals surface area contributed by atoms with Crippen LogP contribution >= 0.6 is 0 Å². The number of hydrogen-bond acceptors (Lipinski definition) is 3. The zero-order chi connectivity index (χ0) is 21.7. The molecular weight excluding hydrogens is 398 g/mol. The number of phenolic OH excluding ortho intramolecular Hbond substituents is 2. The zero-order valence-corrected chi connectivity index (χ0v) is 17.0. The van der Waals surface area contributed by atoms with E-state index in [9.17, 15) is 10.2 Å². The van der Waals surface area contributed by atoms with Crippen molar-refractivity contribution in [2.24, 2.45) is 0 Å². The predicted molar refractivity (Wildman–Crippen MR) is 128 cm³/mol. The van der Waals surface area contributed by atoms with Crippen LogP contribution in [0.1, 0.15) is 0 Å². The number of nitrogens with one attached hydrogen (secondary N) is 2. The van der Waals surface area contributed by atoms with Crippen LogP contribution in [0.15, 0.2) is 91.3 Å². The summed E-state index contributed by atoms with van der Waals surface area (Å²) >= 11 is 0. The van der Waals surface area contributed by atoms with Crippen LogP contribution in [0.3, 0.4) is 0 Å². The van der Waals surface area contributed by atoms with E-state index >= 15 is 0 Å². The van der Waals surface area contributed by atoms with Gasteiger partial charge in [-0.15, -0.1) is 0 Å². The smallest absolute Gasteiger partial charge is 0.158 e. The molecule has 0 spiro atoms. The van der Waals surface area contributed by atoms with Crippen molar-refractivity contribution in [1.29, 1.82) is 0 Å². The van der Waals surface area contributed by atoms with E-state index in [-0.39, 0.29) is 11.5 Å². The maximum atomic E-state index is 10.1. The minimum absolute atomic E-state index is 0.142. The lowest BCUT2D eigenvalue weighted by Gasteiger charge is -2.10. The number of pyridine rings is 1. The first-order valence-corrected chi connectivity index (χ1v) is 10.3. The number of nitrogens with zero attached hydrogens (tertiary/aromatic N) is 1. The first kappa shape index (κ1) is 18.3. The van der Waals surface area contributed by atoms with E-state index in [1.54, 1.807) is 12.1 Å². The van der Waals surface area contributed by atoms with E-state index in [1.165, 1.54) is 6.07 Å². The Morgan fingerprint density at radius 1 is 0.562 bits per heavy atom. The van der Waals surface area contributed by atoms with E-state index in [1.807, 2.05) is 60.9 Å². The van der Waals surface area contributed by atoms with Crippen molar-refractivity contribution in [3.05, 3.63) is 91.3 Å². The van der Waals surface area contributed by atoms with Gasteiger partial charge < -0.3 is 20.2 Å². The summed E-state index contributed by atoms with van der Waals surface area (Å²) in [5.74, 6) is -0.293. The molecule has 0 aliphatic carbocycles. The SMILES string of the molecule is Oc1ccc(-c2cc(-c3c[nH]c4ccccc34)nc(-c3c[nH]c4ccccc34)c2)cc1O.